The number of benzene rings is 2. The Morgan fingerprint density at radius 2 is 1.77 bits per heavy atom. The van der Waals surface area contributed by atoms with Crippen molar-refractivity contribution in [2.24, 2.45) is 0 Å². The number of nitrogens with zero attached hydrogens (tertiary/aromatic N) is 5. The number of aromatic amines is 1. The Labute approximate surface area is 340 Å². The summed E-state index contributed by atoms with van der Waals surface area (Å²) in [7, 11) is -2.78. The van der Waals surface area contributed by atoms with Gasteiger partial charge in [-0.1, -0.05) is 12.1 Å². The summed E-state index contributed by atoms with van der Waals surface area (Å²) >= 11 is 0.548. The number of alkyl halides is 2. The molecule has 2 bridgehead atoms. The third-order valence-electron chi connectivity index (χ3n) is 9.14. The van der Waals surface area contributed by atoms with Gasteiger partial charge in [-0.15, -0.1) is 0 Å². The molecule has 0 spiro atoms. The maximum Gasteiger partial charge on any atom is 0.472 e. The fourth-order valence-electron chi connectivity index (χ4n) is 6.06. The monoisotopic (exact) mass is 897 g/mol. The molecule has 4 N–H and O–H groups in total. The minimum Gasteiger partial charge on any atom is -0.497 e. The molecule has 21 nitrogen and oxygen atoms in total. The molecule has 2 fully saturated rings. The van der Waals surface area contributed by atoms with Crippen LogP contribution in [0.1, 0.15) is 28.4 Å². The molecule has 5 aromatic rings. The highest BCUT2D eigenvalue weighted by Gasteiger charge is 2.53. The van der Waals surface area contributed by atoms with Gasteiger partial charge in [0.05, 0.1) is 32.2 Å². The van der Waals surface area contributed by atoms with Gasteiger partial charge >= 0.3 is 26.3 Å². The highest BCUT2D eigenvalue weighted by Crippen LogP contribution is 2.64. The van der Waals surface area contributed by atoms with Crippen LogP contribution in [-0.2, 0) is 42.5 Å². The minimum atomic E-state index is -5.35. The lowest BCUT2D eigenvalue weighted by atomic mass is 10.1. The van der Waals surface area contributed by atoms with Crippen molar-refractivity contribution in [2.45, 2.75) is 48.9 Å². The zero-order chi connectivity index (χ0) is 42.8. The van der Waals surface area contributed by atoms with Crippen LogP contribution < -0.4 is 26.5 Å². The van der Waals surface area contributed by atoms with E-state index in [-0.39, 0.29) is 34.0 Å². The molecule has 60 heavy (non-hydrogen) atoms. The zero-order valence-electron chi connectivity index (χ0n) is 31.2. The van der Waals surface area contributed by atoms with Crippen molar-refractivity contribution in [1.29, 1.82) is 0 Å². The van der Waals surface area contributed by atoms with Gasteiger partial charge in [0.15, 0.2) is 23.9 Å². The van der Waals surface area contributed by atoms with Gasteiger partial charge in [0, 0.05) is 25.1 Å². The average molecular weight is 898 g/mol. The third kappa shape index (κ3) is 9.52. The van der Waals surface area contributed by atoms with Gasteiger partial charge in [-0.05, 0) is 53.3 Å². The van der Waals surface area contributed by atoms with Crippen molar-refractivity contribution >= 4 is 49.0 Å². The quantitative estimate of drug-likeness (QED) is 0.102. The number of hydrogen-bond donors (Lipinski definition) is 3. The fraction of sp³-hybridized carbons (Fsp3) is 0.353. The van der Waals surface area contributed by atoms with E-state index in [2.05, 4.69) is 15.0 Å². The summed E-state index contributed by atoms with van der Waals surface area (Å²) < 4.78 is 107. The number of H-pyrrole nitrogens is 1. The van der Waals surface area contributed by atoms with Crippen LogP contribution >= 0.6 is 26.0 Å². The van der Waals surface area contributed by atoms with Crippen LogP contribution in [0.15, 0.2) is 83.0 Å². The number of imidazole rings is 1. The second kappa shape index (κ2) is 18.0. The van der Waals surface area contributed by atoms with Crippen molar-refractivity contribution < 1.29 is 64.6 Å². The molecule has 9 atom stereocenters. The molecule has 2 aliphatic rings. The molecule has 1 unspecified atom stereocenters. The van der Waals surface area contributed by atoms with Crippen molar-refractivity contribution in [3.63, 3.8) is 0 Å². The number of nitrogen functional groups attached to an aromatic ring is 1. The van der Waals surface area contributed by atoms with Crippen molar-refractivity contribution in [2.75, 3.05) is 33.2 Å². The van der Waals surface area contributed by atoms with Gasteiger partial charge in [0.2, 0.25) is 6.30 Å². The first-order valence-electron chi connectivity index (χ1n) is 17.6. The van der Waals surface area contributed by atoms with Gasteiger partial charge in [-0.3, -0.25) is 37.0 Å². The molecule has 3 aromatic heterocycles. The molecule has 2 aromatic carbocycles. The second-order valence-corrected chi connectivity index (χ2v) is 18.4. The van der Waals surface area contributed by atoms with E-state index >= 15 is 8.78 Å². The standard InChI is InChI=1S/C34H35F2N7O14P2S/c1-50-20-9-5-19(6-10-20)33(45)54-21-7-3-18(4-8-21)15-60-59(49)53-14-23(51-2)27(29(36)43-17-40-26-30(37)38-16-39-31(26)43)56-58(47,48)52-13-22-25(35)28(57-59)32(55-22)42-12-11-24(44)41-34(42)46/h3-12,16-17,22-23,25,27-29,32H,13-15H2,1-2H3,(H,47,48)(H2,37,38,39)(H,41,44,46)/t22-,23-,25-,27-,28-,29+,32-,59-/m1/s1. The summed E-state index contributed by atoms with van der Waals surface area (Å²) in [6.45, 7) is -6.62. The van der Waals surface area contributed by atoms with E-state index in [0.29, 0.717) is 22.7 Å². The van der Waals surface area contributed by atoms with Crippen LogP contribution in [0.25, 0.3) is 11.2 Å². The van der Waals surface area contributed by atoms with Crippen LogP contribution in [-0.4, -0.2) is 98.0 Å². The molecule has 320 valence electrons. The number of phosphoric acid groups is 1. The lowest BCUT2D eigenvalue weighted by Crippen LogP contribution is -2.40. The SMILES string of the molecule is COc1ccc(C(=O)Oc2ccc(CS[P@]3(=O)OC[C@@H](OC)[C@H]([C@@H](F)n4cnc5c(N)ncnc54)OP(=O)(O)OC[C@H]4O[C@@H](n5ccc(=O)[nH]c5=O)[C@H](O3)[C@@H]4F)cc2)cc1. The van der Waals surface area contributed by atoms with E-state index in [1.165, 1.54) is 31.4 Å². The fourth-order valence-corrected chi connectivity index (χ4v) is 10.4. The van der Waals surface area contributed by atoms with Gasteiger partial charge in [0.25, 0.3) is 5.56 Å². The number of aromatic nitrogens is 6. The molecule has 0 aliphatic carbocycles. The number of methoxy groups -OCH3 is 2. The summed E-state index contributed by atoms with van der Waals surface area (Å²) in [6, 6.07) is 13.2. The number of carbonyl (C=O) groups is 1. The number of fused-ring (bicyclic) bond motifs is 3. The van der Waals surface area contributed by atoms with E-state index in [9.17, 15) is 28.4 Å². The normalized spacial score (nSPS) is 27.9. The Hall–Kier alpha value is -4.87. The summed E-state index contributed by atoms with van der Waals surface area (Å²) in [5.41, 5.74) is 4.62. The predicted molar refractivity (Wildman–Crippen MR) is 206 cm³/mol. The maximum absolute atomic E-state index is 16.6. The number of halogens is 2. The largest absolute Gasteiger partial charge is 0.497 e. The van der Waals surface area contributed by atoms with E-state index in [1.54, 1.807) is 24.3 Å². The Morgan fingerprint density at radius 3 is 2.47 bits per heavy atom. The second-order valence-electron chi connectivity index (χ2n) is 12.9. The zero-order valence-corrected chi connectivity index (χ0v) is 33.8. The Balaban J connectivity index is 1.18. The van der Waals surface area contributed by atoms with Gasteiger partial charge in [0.1, 0.15) is 47.8 Å². The number of ether oxygens (including phenoxy) is 4. The molecular weight excluding hydrogens is 862 g/mol. The number of hydrogen-bond acceptors (Lipinski definition) is 18. The van der Waals surface area contributed by atoms with Crippen LogP contribution in [0.5, 0.6) is 11.5 Å². The van der Waals surface area contributed by atoms with E-state index in [4.69, 9.17) is 42.8 Å². The van der Waals surface area contributed by atoms with E-state index in [0.717, 1.165) is 41.2 Å². The lowest BCUT2D eigenvalue weighted by molar-refractivity contribution is -0.0935. The molecule has 7 rings (SSSR count). The van der Waals surface area contributed by atoms with Crippen LogP contribution in [0, 0.1) is 0 Å². The summed E-state index contributed by atoms with van der Waals surface area (Å²) in [6.07, 6.45) is -11.0. The summed E-state index contributed by atoms with van der Waals surface area (Å²) in [5, 5.41) is 0. The predicted octanol–water partition coefficient (Wildman–Crippen LogP) is 3.86. The molecule has 0 saturated carbocycles. The number of esters is 1. The lowest BCUT2D eigenvalue weighted by Gasteiger charge is -2.31. The first-order chi connectivity index (χ1) is 28.7. The molecule has 2 saturated heterocycles. The van der Waals surface area contributed by atoms with Crippen LogP contribution in [0.4, 0.5) is 14.6 Å². The average Bonchev–Trinajstić information content (AvgIpc) is 3.80. The topological polar surface area (TPSA) is 270 Å². The van der Waals surface area contributed by atoms with E-state index in [1.807, 2.05) is 4.98 Å². The van der Waals surface area contributed by atoms with E-state index < -0.39 is 88.2 Å². The van der Waals surface area contributed by atoms with Gasteiger partial charge in [-0.25, -0.2) is 42.5 Å². The number of nitrogens with one attached hydrogen (secondary N) is 1. The molecule has 26 heteroatoms. The van der Waals surface area contributed by atoms with Crippen molar-refractivity contribution in [3.8, 4) is 11.5 Å². The molecule has 0 amide bonds. The minimum absolute atomic E-state index is 0.00510. The Kier molecular flexibility index (Phi) is 13.0. The Morgan fingerprint density at radius 1 is 1.03 bits per heavy atom. The van der Waals surface area contributed by atoms with Gasteiger partial charge < -0.3 is 29.6 Å². The number of anilines is 1. The smallest absolute Gasteiger partial charge is 0.472 e. The molecular formula is C34H35F2N7O14P2S. The Bertz CT molecular complexity index is 2550. The number of phosphoric ester groups is 1. The maximum atomic E-state index is 16.6. The first-order valence-corrected chi connectivity index (χ1v) is 22.2. The molecule has 2 aliphatic heterocycles. The van der Waals surface area contributed by atoms with Crippen LogP contribution in [0.3, 0.4) is 0 Å². The summed E-state index contributed by atoms with van der Waals surface area (Å²) in [5.74, 6) is -0.167. The molecule has 0 radical (unpaired) electrons. The highest BCUT2D eigenvalue weighted by atomic mass is 32.7. The van der Waals surface area contributed by atoms with Crippen LogP contribution in [0.2, 0.25) is 0 Å². The first kappa shape index (κ1) is 43.2. The van der Waals surface area contributed by atoms with Gasteiger partial charge in [-0.2, -0.15) is 0 Å². The van der Waals surface area contributed by atoms with Crippen molar-refractivity contribution in [3.05, 3.63) is 105 Å². The van der Waals surface area contributed by atoms with Crippen molar-refractivity contribution in [1.82, 2.24) is 29.1 Å². The third-order valence-corrected chi connectivity index (χ3v) is 13.8. The number of nitrogens with two attached hydrogens (primary N) is 1. The number of carbonyl (C=O) groups excluding carboxylic acids is 1. The number of rotatable bonds is 10. The highest BCUT2D eigenvalue weighted by molar-refractivity contribution is 8.54. The summed E-state index contributed by atoms with van der Waals surface area (Å²) in [4.78, 5) is 62.0. The molecule has 5 heterocycles.